The standard InChI is InChI=1S/C9H17NO5S/c1-2-15-9(12)7-16(13,14)10-5-3-4-8(10)6-11/h8,11H,2-7H2,1H3. The second-order valence-electron chi connectivity index (χ2n) is 3.65. The Labute approximate surface area is 95.2 Å². The number of ether oxygens (including phenoxy) is 1. The van der Waals surface area contributed by atoms with E-state index >= 15 is 0 Å². The van der Waals surface area contributed by atoms with Gasteiger partial charge in [-0.1, -0.05) is 0 Å². The molecule has 1 heterocycles. The van der Waals surface area contributed by atoms with Gasteiger partial charge in [0.05, 0.1) is 13.2 Å². The van der Waals surface area contributed by atoms with Crippen LogP contribution in [0.3, 0.4) is 0 Å². The van der Waals surface area contributed by atoms with Crippen molar-refractivity contribution in [2.75, 3.05) is 25.5 Å². The highest BCUT2D eigenvalue weighted by Gasteiger charge is 2.35. The van der Waals surface area contributed by atoms with Crippen LogP contribution in [-0.4, -0.2) is 55.4 Å². The first kappa shape index (κ1) is 13.4. The van der Waals surface area contributed by atoms with Crippen LogP contribution in [0.15, 0.2) is 0 Å². The molecule has 1 unspecified atom stereocenters. The Morgan fingerprint density at radius 1 is 1.56 bits per heavy atom. The highest BCUT2D eigenvalue weighted by Crippen LogP contribution is 2.20. The van der Waals surface area contributed by atoms with E-state index in [-0.39, 0.29) is 19.3 Å². The van der Waals surface area contributed by atoms with E-state index in [1.807, 2.05) is 0 Å². The van der Waals surface area contributed by atoms with Gasteiger partial charge in [-0.3, -0.25) is 4.79 Å². The number of hydrogen-bond donors (Lipinski definition) is 1. The third kappa shape index (κ3) is 3.16. The Hall–Kier alpha value is -0.660. The average Bonchev–Trinajstić information content (AvgIpc) is 2.65. The number of nitrogens with zero attached hydrogens (tertiary/aromatic N) is 1. The molecule has 0 radical (unpaired) electrons. The molecule has 0 aromatic heterocycles. The molecule has 0 aliphatic carbocycles. The van der Waals surface area contributed by atoms with E-state index in [1.54, 1.807) is 6.92 Å². The lowest BCUT2D eigenvalue weighted by molar-refractivity contribution is -0.140. The van der Waals surface area contributed by atoms with E-state index in [9.17, 15) is 13.2 Å². The van der Waals surface area contributed by atoms with Crippen molar-refractivity contribution in [3.05, 3.63) is 0 Å². The van der Waals surface area contributed by atoms with Crippen LogP contribution >= 0.6 is 0 Å². The minimum atomic E-state index is -3.64. The first-order valence-electron chi connectivity index (χ1n) is 5.27. The topological polar surface area (TPSA) is 83.9 Å². The number of aliphatic hydroxyl groups excluding tert-OH is 1. The van der Waals surface area contributed by atoms with Crippen LogP contribution in [0, 0.1) is 0 Å². The molecule has 0 aromatic carbocycles. The average molecular weight is 251 g/mol. The number of carbonyl (C=O) groups is 1. The van der Waals surface area contributed by atoms with Gasteiger partial charge in [0.2, 0.25) is 10.0 Å². The Balaban J connectivity index is 2.66. The molecule has 1 aliphatic heterocycles. The second kappa shape index (κ2) is 5.60. The zero-order valence-corrected chi connectivity index (χ0v) is 10.1. The third-order valence-electron chi connectivity index (χ3n) is 2.50. The van der Waals surface area contributed by atoms with Gasteiger partial charge >= 0.3 is 5.97 Å². The Morgan fingerprint density at radius 3 is 2.81 bits per heavy atom. The molecule has 6 nitrogen and oxygen atoms in total. The molecule has 1 N–H and O–H groups in total. The van der Waals surface area contributed by atoms with E-state index in [0.717, 1.165) is 0 Å². The minimum absolute atomic E-state index is 0.164. The fourth-order valence-electron chi connectivity index (χ4n) is 1.79. The Bertz CT molecular complexity index is 340. The zero-order valence-electron chi connectivity index (χ0n) is 9.26. The molecule has 1 aliphatic rings. The smallest absolute Gasteiger partial charge is 0.322 e. The molecule has 16 heavy (non-hydrogen) atoms. The van der Waals surface area contributed by atoms with Gasteiger partial charge in [0, 0.05) is 12.6 Å². The predicted octanol–water partition coefficient (Wildman–Crippen LogP) is -0.664. The van der Waals surface area contributed by atoms with E-state index in [4.69, 9.17) is 5.11 Å². The molecule has 0 aromatic rings. The van der Waals surface area contributed by atoms with Crippen molar-refractivity contribution in [2.45, 2.75) is 25.8 Å². The van der Waals surface area contributed by atoms with Crippen molar-refractivity contribution in [3.63, 3.8) is 0 Å². The normalized spacial score (nSPS) is 22.2. The number of rotatable bonds is 5. The molecular formula is C9H17NO5S. The Morgan fingerprint density at radius 2 is 2.25 bits per heavy atom. The van der Waals surface area contributed by atoms with E-state index in [0.29, 0.717) is 19.4 Å². The zero-order chi connectivity index (χ0) is 12.2. The number of hydrogen-bond acceptors (Lipinski definition) is 5. The summed E-state index contributed by atoms with van der Waals surface area (Å²) in [6.07, 6.45) is 1.35. The van der Waals surface area contributed by atoms with Crippen LogP contribution in [0.5, 0.6) is 0 Å². The highest BCUT2D eigenvalue weighted by molar-refractivity contribution is 7.89. The lowest BCUT2D eigenvalue weighted by Gasteiger charge is -2.21. The molecule has 94 valence electrons. The van der Waals surface area contributed by atoms with Crippen LogP contribution in [0.4, 0.5) is 0 Å². The molecule has 1 atom stereocenters. The quantitative estimate of drug-likeness (QED) is 0.655. The summed E-state index contributed by atoms with van der Waals surface area (Å²) < 4.78 is 29.4. The summed E-state index contributed by atoms with van der Waals surface area (Å²) in [5, 5.41) is 9.01. The molecule has 0 spiro atoms. The second-order valence-corrected chi connectivity index (χ2v) is 5.57. The molecule has 1 fully saturated rings. The van der Waals surface area contributed by atoms with Gasteiger partial charge in [-0.2, -0.15) is 4.31 Å². The van der Waals surface area contributed by atoms with Gasteiger partial charge in [-0.25, -0.2) is 8.42 Å². The summed E-state index contributed by atoms with van der Waals surface area (Å²) in [6, 6.07) is -0.389. The molecule has 1 saturated heterocycles. The fraction of sp³-hybridized carbons (Fsp3) is 0.889. The van der Waals surface area contributed by atoms with Crippen LogP contribution in [0.1, 0.15) is 19.8 Å². The van der Waals surface area contributed by atoms with Crippen molar-refractivity contribution in [3.8, 4) is 0 Å². The first-order valence-corrected chi connectivity index (χ1v) is 6.88. The maximum Gasteiger partial charge on any atom is 0.322 e. The van der Waals surface area contributed by atoms with Gasteiger partial charge < -0.3 is 9.84 Å². The summed E-state index contributed by atoms with van der Waals surface area (Å²) in [7, 11) is -3.64. The van der Waals surface area contributed by atoms with Gasteiger partial charge in [-0.15, -0.1) is 0 Å². The van der Waals surface area contributed by atoms with Crippen molar-refractivity contribution < 1.29 is 23.1 Å². The first-order chi connectivity index (χ1) is 7.51. The maximum atomic E-state index is 11.8. The highest BCUT2D eigenvalue weighted by atomic mass is 32.2. The molecular weight excluding hydrogens is 234 g/mol. The van der Waals surface area contributed by atoms with E-state index in [1.165, 1.54) is 4.31 Å². The van der Waals surface area contributed by atoms with Crippen molar-refractivity contribution in [1.29, 1.82) is 0 Å². The van der Waals surface area contributed by atoms with Crippen LogP contribution in [0.2, 0.25) is 0 Å². The van der Waals surface area contributed by atoms with Gasteiger partial charge in [-0.05, 0) is 19.8 Å². The molecule has 0 amide bonds. The van der Waals surface area contributed by atoms with Crippen LogP contribution in [-0.2, 0) is 19.6 Å². The SMILES string of the molecule is CCOC(=O)CS(=O)(=O)N1CCCC1CO. The molecule has 0 saturated carbocycles. The summed E-state index contributed by atoms with van der Waals surface area (Å²) in [6.45, 7) is 1.95. The third-order valence-corrected chi connectivity index (χ3v) is 4.29. The van der Waals surface area contributed by atoms with Crippen molar-refractivity contribution in [2.24, 2.45) is 0 Å². The fourth-order valence-corrected chi connectivity index (χ4v) is 3.37. The predicted molar refractivity (Wildman–Crippen MR) is 57.2 cm³/mol. The van der Waals surface area contributed by atoms with Gasteiger partial charge in [0.25, 0.3) is 0 Å². The number of carbonyl (C=O) groups excluding carboxylic acids is 1. The summed E-state index contributed by atoms with van der Waals surface area (Å²) in [4.78, 5) is 11.1. The van der Waals surface area contributed by atoms with Crippen LogP contribution in [0.25, 0.3) is 0 Å². The number of sulfonamides is 1. The summed E-state index contributed by atoms with van der Waals surface area (Å²) in [5.41, 5.74) is 0. The minimum Gasteiger partial charge on any atom is -0.465 e. The summed E-state index contributed by atoms with van der Waals surface area (Å²) in [5.74, 6) is -1.39. The van der Waals surface area contributed by atoms with Gasteiger partial charge in [0.1, 0.15) is 0 Å². The molecule has 1 rings (SSSR count). The largest absolute Gasteiger partial charge is 0.465 e. The number of aliphatic hydroxyl groups is 1. The van der Waals surface area contributed by atoms with Gasteiger partial charge in [0.15, 0.2) is 5.75 Å². The maximum absolute atomic E-state index is 11.8. The van der Waals surface area contributed by atoms with Crippen molar-refractivity contribution in [1.82, 2.24) is 4.31 Å². The Kier molecular flexibility index (Phi) is 4.69. The lowest BCUT2D eigenvalue weighted by atomic mass is 10.2. The number of esters is 1. The lowest BCUT2D eigenvalue weighted by Crippen LogP contribution is -2.40. The van der Waals surface area contributed by atoms with E-state index < -0.39 is 21.7 Å². The van der Waals surface area contributed by atoms with Crippen molar-refractivity contribution >= 4 is 16.0 Å². The molecule has 7 heteroatoms. The monoisotopic (exact) mass is 251 g/mol. The summed E-state index contributed by atoms with van der Waals surface area (Å²) >= 11 is 0. The van der Waals surface area contributed by atoms with E-state index in [2.05, 4.69) is 4.74 Å². The van der Waals surface area contributed by atoms with Crippen LogP contribution < -0.4 is 0 Å². The molecule has 0 bridgehead atoms.